The maximum atomic E-state index is 13.8. The maximum Gasteiger partial charge on any atom is 0.251 e. The Hall–Kier alpha value is -2.49. The van der Waals surface area contributed by atoms with Crippen molar-refractivity contribution in [2.24, 2.45) is 0 Å². The smallest absolute Gasteiger partial charge is 0.251 e. The zero-order chi connectivity index (χ0) is 20.1. The molecule has 1 fully saturated rings. The molecular weight excluding hydrogens is 387 g/mol. The lowest BCUT2D eigenvalue weighted by atomic mass is 10.1. The molecule has 3 rings (SSSR count). The summed E-state index contributed by atoms with van der Waals surface area (Å²) < 4.78 is 51.1. The first kappa shape index (κ1) is 20.2. The second-order valence-electron chi connectivity index (χ2n) is 6.16. The van der Waals surface area contributed by atoms with Crippen LogP contribution >= 0.6 is 0 Å². The number of morpholine rings is 1. The van der Waals surface area contributed by atoms with Crippen LogP contribution in [-0.2, 0) is 21.3 Å². The van der Waals surface area contributed by atoms with E-state index >= 15 is 0 Å². The first-order valence-electron chi connectivity index (χ1n) is 8.71. The topological polar surface area (TPSA) is 84.9 Å². The molecule has 0 radical (unpaired) electrons. The van der Waals surface area contributed by atoms with Crippen molar-refractivity contribution in [3.8, 4) is 5.75 Å². The fourth-order valence-corrected chi connectivity index (χ4v) is 4.54. The van der Waals surface area contributed by atoms with Gasteiger partial charge in [-0.1, -0.05) is 18.2 Å². The Morgan fingerprint density at radius 3 is 2.61 bits per heavy atom. The molecule has 2 aromatic carbocycles. The molecule has 2 aromatic rings. The highest BCUT2D eigenvalue weighted by Crippen LogP contribution is 2.22. The third-order valence-electron chi connectivity index (χ3n) is 4.41. The van der Waals surface area contributed by atoms with Crippen LogP contribution < -0.4 is 10.1 Å². The molecule has 7 nitrogen and oxygen atoms in total. The van der Waals surface area contributed by atoms with Crippen LogP contribution in [0.3, 0.4) is 0 Å². The third kappa shape index (κ3) is 4.32. The van der Waals surface area contributed by atoms with Crippen LogP contribution in [0, 0.1) is 5.82 Å². The number of sulfonamides is 1. The van der Waals surface area contributed by atoms with Crippen molar-refractivity contribution in [1.82, 2.24) is 9.62 Å². The number of rotatable bonds is 6. The predicted octanol–water partition coefficient (Wildman–Crippen LogP) is 1.79. The molecule has 0 bridgehead atoms. The van der Waals surface area contributed by atoms with E-state index in [2.05, 4.69) is 5.32 Å². The molecule has 150 valence electrons. The summed E-state index contributed by atoms with van der Waals surface area (Å²) in [5.41, 5.74) is 0.572. The minimum absolute atomic E-state index is 0.00771. The summed E-state index contributed by atoms with van der Waals surface area (Å²) in [6, 6.07) is 10.4. The Morgan fingerprint density at radius 1 is 1.21 bits per heavy atom. The summed E-state index contributed by atoms with van der Waals surface area (Å²) >= 11 is 0. The fourth-order valence-electron chi connectivity index (χ4n) is 2.91. The van der Waals surface area contributed by atoms with E-state index in [1.807, 2.05) is 0 Å². The Bertz CT molecular complexity index is 959. The van der Waals surface area contributed by atoms with Gasteiger partial charge in [0.2, 0.25) is 10.0 Å². The SMILES string of the molecule is COc1ccc(C(=O)NCc2ccccc2S(=O)(=O)N2CCOCC2)cc1F. The minimum Gasteiger partial charge on any atom is -0.494 e. The molecule has 1 aliphatic heterocycles. The standard InChI is InChI=1S/C19H21FN2O5S/c1-26-17-7-6-14(12-16(17)20)19(23)21-13-15-4-2-3-5-18(15)28(24,25)22-8-10-27-11-9-22/h2-7,12H,8-11,13H2,1H3,(H,21,23). The number of hydrogen-bond donors (Lipinski definition) is 1. The lowest BCUT2D eigenvalue weighted by Gasteiger charge is -2.27. The van der Waals surface area contributed by atoms with E-state index in [0.717, 1.165) is 6.07 Å². The van der Waals surface area contributed by atoms with Gasteiger partial charge in [0.25, 0.3) is 5.91 Å². The fraction of sp³-hybridized carbons (Fsp3) is 0.316. The van der Waals surface area contributed by atoms with E-state index in [4.69, 9.17) is 9.47 Å². The molecular formula is C19H21FN2O5S. The van der Waals surface area contributed by atoms with Crippen LogP contribution in [0.15, 0.2) is 47.4 Å². The van der Waals surface area contributed by atoms with Crippen molar-refractivity contribution in [3.05, 3.63) is 59.4 Å². The highest BCUT2D eigenvalue weighted by molar-refractivity contribution is 7.89. The van der Waals surface area contributed by atoms with Crippen molar-refractivity contribution in [3.63, 3.8) is 0 Å². The van der Waals surface area contributed by atoms with Crippen molar-refractivity contribution >= 4 is 15.9 Å². The second-order valence-corrected chi connectivity index (χ2v) is 8.06. The molecule has 28 heavy (non-hydrogen) atoms. The van der Waals surface area contributed by atoms with Gasteiger partial charge in [-0.3, -0.25) is 4.79 Å². The Labute approximate surface area is 163 Å². The number of nitrogens with one attached hydrogen (secondary N) is 1. The average Bonchev–Trinajstić information content (AvgIpc) is 2.72. The van der Waals surface area contributed by atoms with E-state index in [1.54, 1.807) is 18.2 Å². The summed E-state index contributed by atoms with van der Waals surface area (Å²) in [7, 11) is -2.36. The number of methoxy groups -OCH3 is 1. The van der Waals surface area contributed by atoms with E-state index in [9.17, 15) is 17.6 Å². The maximum absolute atomic E-state index is 13.8. The zero-order valence-corrected chi connectivity index (χ0v) is 16.2. The Kier molecular flexibility index (Phi) is 6.28. The van der Waals surface area contributed by atoms with Crippen molar-refractivity contribution in [1.29, 1.82) is 0 Å². The Balaban J connectivity index is 1.76. The number of nitrogens with zero attached hydrogens (tertiary/aromatic N) is 1. The van der Waals surface area contributed by atoms with E-state index in [-0.39, 0.29) is 35.8 Å². The van der Waals surface area contributed by atoms with Gasteiger partial charge in [-0.25, -0.2) is 12.8 Å². The third-order valence-corrected chi connectivity index (χ3v) is 6.41. The van der Waals surface area contributed by atoms with Crippen LogP contribution in [0.4, 0.5) is 4.39 Å². The van der Waals surface area contributed by atoms with E-state index in [0.29, 0.717) is 18.8 Å². The molecule has 0 saturated carbocycles. The largest absolute Gasteiger partial charge is 0.494 e. The van der Waals surface area contributed by atoms with Gasteiger partial charge in [0, 0.05) is 25.2 Å². The van der Waals surface area contributed by atoms with Gasteiger partial charge in [-0.2, -0.15) is 4.31 Å². The molecule has 1 aliphatic rings. The summed E-state index contributed by atoms with van der Waals surface area (Å²) in [6.07, 6.45) is 0. The summed E-state index contributed by atoms with van der Waals surface area (Å²) in [6.45, 7) is 1.26. The average molecular weight is 408 g/mol. The molecule has 0 unspecified atom stereocenters. The predicted molar refractivity (Wildman–Crippen MR) is 100 cm³/mol. The first-order chi connectivity index (χ1) is 13.4. The molecule has 0 spiro atoms. The summed E-state index contributed by atoms with van der Waals surface area (Å²) in [5.74, 6) is -1.12. The number of hydrogen-bond acceptors (Lipinski definition) is 5. The minimum atomic E-state index is -3.70. The van der Waals surface area contributed by atoms with Crippen molar-refractivity contribution in [2.45, 2.75) is 11.4 Å². The van der Waals surface area contributed by atoms with Gasteiger partial charge >= 0.3 is 0 Å². The number of amides is 1. The molecule has 1 N–H and O–H groups in total. The van der Waals surface area contributed by atoms with Gasteiger partial charge in [-0.05, 0) is 29.8 Å². The zero-order valence-electron chi connectivity index (χ0n) is 15.4. The van der Waals surface area contributed by atoms with Gasteiger partial charge in [0.1, 0.15) is 0 Å². The number of benzene rings is 2. The molecule has 0 aromatic heterocycles. The van der Waals surface area contributed by atoms with Crippen LogP contribution in [-0.4, -0.2) is 52.0 Å². The quantitative estimate of drug-likeness (QED) is 0.788. The second kappa shape index (κ2) is 8.68. The molecule has 1 heterocycles. The lowest BCUT2D eigenvalue weighted by Crippen LogP contribution is -2.41. The summed E-state index contributed by atoms with van der Waals surface area (Å²) in [5, 5.41) is 2.64. The van der Waals surface area contributed by atoms with Crippen molar-refractivity contribution in [2.75, 3.05) is 33.4 Å². The van der Waals surface area contributed by atoms with Gasteiger partial charge in [0.15, 0.2) is 11.6 Å². The van der Waals surface area contributed by atoms with E-state index < -0.39 is 21.7 Å². The van der Waals surface area contributed by atoms with Crippen LogP contribution in [0.2, 0.25) is 0 Å². The number of carbonyl (C=O) groups excluding carboxylic acids is 1. The van der Waals surface area contributed by atoms with E-state index in [1.165, 1.54) is 29.6 Å². The van der Waals surface area contributed by atoms with Crippen LogP contribution in [0.25, 0.3) is 0 Å². The van der Waals surface area contributed by atoms with Crippen LogP contribution in [0.5, 0.6) is 5.75 Å². The summed E-state index contributed by atoms with van der Waals surface area (Å²) in [4.78, 5) is 12.5. The number of halogens is 1. The number of ether oxygens (including phenoxy) is 2. The molecule has 1 amide bonds. The number of carbonyl (C=O) groups is 1. The van der Waals surface area contributed by atoms with Gasteiger partial charge < -0.3 is 14.8 Å². The molecule has 9 heteroatoms. The first-order valence-corrected chi connectivity index (χ1v) is 10.1. The molecule has 0 aliphatic carbocycles. The Morgan fingerprint density at radius 2 is 1.93 bits per heavy atom. The van der Waals surface area contributed by atoms with Gasteiger partial charge in [-0.15, -0.1) is 0 Å². The molecule has 1 saturated heterocycles. The van der Waals surface area contributed by atoms with Crippen LogP contribution in [0.1, 0.15) is 15.9 Å². The van der Waals surface area contributed by atoms with Crippen molar-refractivity contribution < 1.29 is 27.1 Å². The van der Waals surface area contributed by atoms with Gasteiger partial charge in [0.05, 0.1) is 25.2 Å². The highest BCUT2D eigenvalue weighted by atomic mass is 32.2. The molecule has 0 atom stereocenters. The lowest BCUT2D eigenvalue weighted by molar-refractivity contribution is 0.0730. The monoisotopic (exact) mass is 408 g/mol. The normalized spacial score (nSPS) is 15.2. The highest BCUT2D eigenvalue weighted by Gasteiger charge is 2.28.